The summed E-state index contributed by atoms with van der Waals surface area (Å²) in [7, 11) is 0. The van der Waals surface area contributed by atoms with Gasteiger partial charge in [0.2, 0.25) is 0 Å². The van der Waals surface area contributed by atoms with Gasteiger partial charge in [-0.15, -0.1) is 0 Å². The molecule has 0 amide bonds. The second-order valence-electron chi connectivity index (χ2n) is 7.01. The first-order valence-electron chi connectivity index (χ1n) is 5.57. The maximum Gasteiger partial charge on any atom is 0.0753 e. The van der Waals surface area contributed by atoms with Crippen molar-refractivity contribution in [2.24, 2.45) is 10.3 Å². The van der Waals surface area contributed by atoms with E-state index < -0.39 is 0 Å². The van der Waals surface area contributed by atoms with Gasteiger partial charge in [0.25, 0.3) is 0 Å². The van der Waals surface area contributed by atoms with Crippen molar-refractivity contribution in [1.82, 2.24) is 5.01 Å². The average Bonchev–Trinajstić information content (AvgIpc) is 1.75. The van der Waals surface area contributed by atoms with Crippen molar-refractivity contribution in [3.63, 3.8) is 0 Å². The Morgan fingerprint density at radius 2 is 1.00 bits per heavy atom. The lowest BCUT2D eigenvalue weighted by Crippen LogP contribution is -2.49. The molecule has 0 aliphatic rings. The fourth-order valence-corrected chi connectivity index (χ4v) is 1.45. The second kappa shape index (κ2) is 4.11. The molecule has 3 nitrogen and oxygen atoms in total. The molecule has 0 aromatic rings. The highest BCUT2D eigenvalue weighted by Crippen LogP contribution is 2.26. The van der Waals surface area contributed by atoms with Gasteiger partial charge in [-0.1, -0.05) is 5.22 Å². The monoisotopic (exact) mass is 213 g/mol. The summed E-state index contributed by atoms with van der Waals surface area (Å²) >= 11 is 0. The maximum atomic E-state index is 4.40. The highest BCUT2D eigenvalue weighted by Gasteiger charge is 2.31. The Balaban J connectivity index is 4.94. The van der Waals surface area contributed by atoms with Gasteiger partial charge in [-0.2, -0.15) is 5.11 Å². The number of hydrogen-bond donors (Lipinski definition) is 0. The fourth-order valence-electron chi connectivity index (χ4n) is 1.45. The van der Waals surface area contributed by atoms with Gasteiger partial charge in [-0.05, 0) is 62.3 Å². The normalized spacial score (nSPS) is 14.7. The van der Waals surface area contributed by atoms with E-state index in [0.29, 0.717) is 0 Å². The topological polar surface area (TPSA) is 28.0 Å². The second-order valence-corrected chi connectivity index (χ2v) is 7.01. The van der Waals surface area contributed by atoms with E-state index in [1.165, 1.54) is 0 Å². The summed E-state index contributed by atoms with van der Waals surface area (Å²) < 4.78 is 0. The first-order valence-corrected chi connectivity index (χ1v) is 5.57. The first kappa shape index (κ1) is 14.4. The van der Waals surface area contributed by atoms with Gasteiger partial charge in [-0.3, -0.25) is 5.01 Å². The van der Waals surface area contributed by atoms with E-state index in [2.05, 4.69) is 77.7 Å². The van der Waals surface area contributed by atoms with Crippen molar-refractivity contribution in [2.75, 3.05) is 0 Å². The van der Waals surface area contributed by atoms with E-state index in [-0.39, 0.29) is 16.6 Å². The molecule has 0 rings (SSSR count). The minimum absolute atomic E-state index is 0.00694. The third-order valence-electron chi connectivity index (χ3n) is 1.70. The molecule has 0 heterocycles. The predicted molar refractivity (Wildman–Crippen MR) is 66.0 cm³/mol. The molecule has 0 bridgehead atoms. The summed E-state index contributed by atoms with van der Waals surface area (Å²) in [4.78, 5) is 0. The van der Waals surface area contributed by atoms with Crippen LogP contribution in [0.4, 0.5) is 0 Å². The van der Waals surface area contributed by atoms with Crippen molar-refractivity contribution in [3.05, 3.63) is 0 Å². The lowest BCUT2D eigenvalue weighted by atomic mass is 9.99. The zero-order valence-corrected chi connectivity index (χ0v) is 11.8. The molecule has 0 saturated carbocycles. The Morgan fingerprint density at radius 1 is 0.667 bits per heavy atom. The van der Waals surface area contributed by atoms with Gasteiger partial charge in [0.05, 0.1) is 16.6 Å². The predicted octanol–water partition coefficient (Wildman–Crippen LogP) is 4.05. The van der Waals surface area contributed by atoms with Crippen LogP contribution in [-0.4, -0.2) is 21.6 Å². The van der Waals surface area contributed by atoms with Crippen molar-refractivity contribution < 1.29 is 0 Å². The molecule has 0 atom stereocenters. The zero-order valence-electron chi connectivity index (χ0n) is 11.8. The Morgan fingerprint density at radius 3 is 1.20 bits per heavy atom. The summed E-state index contributed by atoms with van der Waals surface area (Å²) in [5.41, 5.74) is -0.130. The molecule has 0 aromatic heterocycles. The maximum absolute atomic E-state index is 4.40. The molecule has 0 radical (unpaired) electrons. The third kappa shape index (κ3) is 5.75. The SMILES string of the molecule is CC(C)(C)N=NN(C(C)(C)C)C(C)(C)C. The van der Waals surface area contributed by atoms with Crippen molar-refractivity contribution in [3.8, 4) is 0 Å². The molecule has 0 N–H and O–H groups in total. The molecule has 0 unspecified atom stereocenters. The van der Waals surface area contributed by atoms with E-state index in [1.807, 2.05) is 0 Å². The summed E-state index contributed by atoms with van der Waals surface area (Å²) in [6.07, 6.45) is 0. The molecule has 0 aromatic carbocycles. The summed E-state index contributed by atoms with van der Waals surface area (Å²) in [5.74, 6) is 0. The summed E-state index contributed by atoms with van der Waals surface area (Å²) in [6, 6.07) is 0. The Labute approximate surface area is 94.9 Å². The van der Waals surface area contributed by atoms with Crippen LogP contribution in [0.3, 0.4) is 0 Å². The van der Waals surface area contributed by atoms with Crippen LogP contribution in [0.25, 0.3) is 0 Å². The van der Waals surface area contributed by atoms with E-state index >= 15 is 0 Å². The molecular formula is C12H27N3. The standard InChI is InChI=1S/C12H27N3/c1-10(2,3)13-14-15(11(4,5)6)12(7,8)9/h1-9H3. The molecule has 0 saturated heterocycles. The zero-order chi connectivity index (χ0) is 12.5. The van der Waals surface area contributed by atoms with E-state index in [1.54, 1.807) is 0 Å². The molecule has 0 aliphatic heterocycles. The number of rotatable bonds is 1. The largest absolute Gasteiger partial charge is 0.268 e. The van der Waals surface area contributed by atoms with Crippen LogP contribution in [0, 0.1) is 0 Å². The Kier molecular flexibility index (Phi) is 3.94. The molecule has 3 heteroatoms. The van der Waals surface area contributed by atoms with Gasteiger partial charge >= 0.3 is 0 Å². The lowest BCUT2D eigenvalue weighted by molar-refractivity contribution is 0.0281. The Hall–Kier alpha value is -0.600. The third-order valence-corrected chi connectivity index (χ3v) is 1.70. The number of hydrogen-bond acceptors (Lipinski definition) is 2. The smallest absolute Gasteiger partial charge is 0.0753 e. The van der Waals surface area contributed by atoms with Crippen LogP contribution in [-0.2, 0) is 0 Å². The lowest BCUT2D eigenvalue weighted by Gasteiger charge is -2.42. The molecule has 0 fully saturated rings. The minimum atomic E-state index is -0.116. The van der Waals surface area contributed by atoms with Crippen LogP contribution in [0.1, 0.15) is 62.3 Å². The minimum Gasteiger partial charge on any atom is -0.268 e. The first-order chi connectivity index (χ1) is 6.34. The van der Waals surface area contributed by atoms with Crippen LogP contribution in [0.15, 0.2) is 10.3 Å². The van der Waals surface area contributed by atoms with Crippen molar-refractivity contribution in [1.29, 1.82) is 0 Å². The van der Waals surface area contributed by atoms with Gasteiger partial charge in [0.15, 0.2) is 0 Å². The van der Waals surface area contributed by atoms with E-state index in [0.717, 1.165) is 0 Å². The molecular weight excluding hydrogens is 186 g/mol. The van der Waals surface area contributed by atoms with Gasteiger partial charge in [0.1, 0.15) is 0 Å². The Bertz CT molecular complexity index is 209. The quantitative estimate of drug-likeness (QED) is 0.477. The van der Waals surface area contributed by atoms with Crippen LogP contribution < -0.4 is 0 Å². The highest BCUT2D eigenvalue weighted by atomic mass is 15.6. The van der Waals surface area contributed by atoms with E-state index in [4.69, 9.17) is 0 Å². The van der Waals surface area contributed by atoms with Crippen LogP contribution in [0.5, 0.6) is 0 Å². The molecule has 0 spiro atoms. The summed E-state index contributed by atoms with van der Waals surface area (Å²) in [6.45, 7) is 19.1. The molecule has 15 heavy (non-hydrogen) atoms. The molecule has 90 valence electrons. The van der Waals surface area contributed by atoms with Crippen molar-refractivity contribution in [2.45, 2.75) is 78.9 Å². The number of nitrogens with zero attached hydrogens (tertiary/aromatic N) is 3. The van der Waals surface area contributed by atoms with Crippen molar-refractivity contribution >= 4 is 0 Å². The van der Waals surface area contributed by atoms with E-state index in [9.17, 15) is 0 Å². The average molecular weight is 213 g/mol. The van der Waals surface area contributed by atoms with Crippen LogP contribution >= 0.6 is 0 Å². The van der Waals surface area contributed by atoms with Gasteiger partial charge < -0.3 is 0 Å². The molecule has 0 aliphatic carbocycles. The van der Waals surface area contributed by atoms with Crippen LogP contribution in [0.2, 0.25) is 0 Å². The summed E-state index contributed by atoms with van der Waals surface area (Å²) in [5, 5.41) is 10.8. The van der Waals surface area contributed by atoms with Gasteiger partial charge in [-0.25, -0.2) is 0 Å². The highest BCUT2D eigenvalue weighted by molar-refractivity contribution is 4.84. The van der Waals surface area contributed by atoms with Gasteiger partial charge in [0, 0.05) is 0 Å². The fraction of sp³-hybridized carbons (Fsp3) is 1.00.